The van der Waals surface area contributed by atoms with Crippen LogP contribution < -0.4 is 0 Å². The number of alkyl halides is 1. The maximum absolute atomic E-state index is 10.2. The van der Waals surface area contributed by atoms with Crippen LogP contribution in [0.25, 0.3) is 0 Å². The van der Waals surface area contributed by atoms with E-state index < -0.39 is 9.92 Å². The van der Waals surface area contributed by atoms with Gasteiger partial charge in [0.05, 0.1) is 0 Å². The number of rotatable bonds is 1. The molecule has 0 saturated carbocycles. The van der Waals surface area contributed by atoms with Gasteiger partial charge in [0.2, 0.25) is 0 Å². The monoisotopic (exact) mass is 167 g/mol. The van der Waals surface area contributed by atoms with E-state index in [1.54, 1.807) is 0 Å². The molecule has 0 spiro atoms. The van der Waals surface area contributed by atoms with Gasteiger partial charge in [-0.2, -0.15) is 0 Å². The molecule has 1 rings (SSSR count). The molecule has 1 fully saturated rings. The summed E-state index contributed by atoms with van der Waals surface area (Å²) >= 11 is 5.46. The molecule has 0 radical (unpaired) electrons. The third-order valence-corrected chi connectivity index (χ3v) is 1.50. The Labute approximate surface area is 62.0 Å². The second kappa shape index (κ2) is 2.69. The number of ether oxygens (including phenoxy) is 2. The second-order valence-corrected chi connectivity index (χ2v) is 2.69. The maximum atomic E-state index is 10.2. The van der Waals surface area contributed by atoms with Gasteiger partial charge in [-0.15, -0.1) is 0 Å². The predicted octanol–water partition coefficient (Wildman–Crippen LogP) is 0.202. The van der Waals surface area contributed by atoms with Crippen LogP contribution in [-0.4, -0.2) is 29.9 Å². The van der Waals surface area contributed by atoms with Crippen molar-refractivity contribution >= 4 is 11.6 Å². The molecule has 58 valence electrons. The molecule has 0 aromatic carbocycles. The Kier molecular flexibility index (Phi) is 2.08. The minimum absolute atomic E-state index is 0.0856. The van der Waals surface area contributed by atoms with E-state index in [1.165, 1.54) is 0 Å². The molecule has 1 heterocycles. The van der Waals surface area contributed by atoms with Gasteiger partial charge in [-0.05, 0) is 11.6 Å². The molecular weight excluding hydrogens is 162 g/mol. The molecule has 0 aliphatic carbocycles. The van der Waals surface area contributed by atoms with Crippen molar-refractivity contribution < 1.29 is 14.4 Å². The standard InChI is InChI=1S/C4H6ClNO4/c5-4(6(7)8)1-9-3-10-2-4/h1-3H2. The zero-order valence-corrected chi connectivity index (χ0v) is 5.84. The van der Waals surface area contributed by atoms with Crippen molar-refractivity contribution in [3.05, 3.63) is 10.1 Å². The van der Waals surface area contributed by atoms with E-state index in [4.69, 9.17) is 11.6 Å². The maximum Gasteiger partial charge on any atom is 0.340 e. The number of halogens is 1. The van der Waals surface area contributed by atoms with Gasteiger partial charge in [0, 0.05) is 4.92 Å². The smallest absolute Gasteiger partial charge is 0.340 e. The summed E-state index contributed by atoms with van der Waals surface area (Å²) in [7, 11) is 0. The van der Waals surface area contributed by atoms with Crippen molar-refractivity contribution in [1.82, 2.24) is 0 Å². The second-order valence-electron chi connectivity index (χ2n) is 1.99. The van der Waals surface area contributed by atoms with Crippen LogP contribution >= 0.6 is 11.6 Å². The van der Waals surface area contributed by atoms with Crippen LogP contribution in [-0.2, 0) is 9.47 Å². The average Bonchev–Trinajstić information content (AvgIpc) is 1.89. The molecule has 10 heavy (non-hydrogen) atoms. The lowest BCUT2D eigenvalue weighted by Crippen LogP contribution is -2.45. The Bertz CT molecular complexity index is 144. The summed E-state index contributed by atoms with van der Waals surface area (Å²) in [5, 5.41) is 10.2. The first-order valence-electron chi connectivity index (χ1n) is 2.64. The van der Waals surface area contributed by atoms with Gasteiger partial charge in [0.25, 0.3) is 0 Å². The van der Waals surface area contributed by atoms with E-state index in [0.29, 0.717) is 0 Å². The van der Waals surface area contributed by atoms with Gasteiger partial charge < -0.3 is 9.47 Å². The SMILES string of the molecule is O=[N+]([O-])C1(Cl)COCOC1. The highest BCUT2D eigenvalue weighted by molar-refractivity contribution is 6.23. The molecular formula is C4H6ClNO4. The molecule has 0 unspecified atom stereocenters. The number of hydrogen-bond donors (Lipinski definition) is 0. The largest absolute Gasteiger partial charge is 0.346 e. The molecule has 0 bridgehead atoms. The molecule has 0 amide bonds. The fourth-order valence-electron chi connectivity index (χ4n) is 0.602. The molecule has 0 atom stereocenters. The van der Waals surface area contributed by atoms with Crippen LogP contribution in [0.15, 0.2) is 0 Å². The first-order chi connectivity index (χ1) is 4.65. The summed E-state index contributed by atoms with van der Waals surface area (Å²) in [5.41, 5.74) is 0. The lowest BCUT2D eigenvalue weighted by molar-refractivity contribution is -0.559. The fourth-order valence-corrected chi connectivity index (χ4v) is 0.756. The van der Waals surface area contributed by atoms with Crippen molar-refractivity contribution in [1.29, 1.82) is 0 Å². The Hall–Kier alpha value is -0.390. The van der Waals surface area contributed by atoms with Gasteiger partial charge in [-0.1, -0.05) is 0 Å². The van der Waals surface area contributed by atoms with E-state index in [1.807, 2.05) is 0 Å². The summed E-state index contributed by atoms with van der Waals surface area (Å²) < 4.78 is 9.30. The molecule has 1 aliphatic heterocycles. The summed E-state index contributed by atoms with van der Waals surface area (Å²) in [6.07, 6.45) is 0. The molecule has 6 heteroatoms. The van der Waals surface area contributed by atoms with Crippen LogP contribution in [0, 0.1) is 10.1 Å². The van der Waals surface area contributed by atoms with Gasteiger partial charge >= 0.3 is 5.00 Å². The average molecular weight is 168 g/mol. The highest BCUT2D eigenvalue weighted by atomic mass is 35.5. The summed E-state index contributed by atoms with van der Waals surface area (Å²) in [5.74, 6) is 0. The quantitative estimate of drug-likeness (QED) is 0.242. The van der Waals surface area contributed by atoms with Gasteiger partial charge in [0.1, 0.15) is 20.0 Å². The Morgan fingerprint density at radius 1 is 1.50 bits per heavy atom. The Balaban J connectivity index is 2.56. The molecule has 1 aliphatic rings. The van der Waals surface area contributed by atoms with E-state index in [2.05, 4.69) is 9.47 Å². The van der Waals surface area contributed by atoms with Crippen LogP contribution in [0.3, 0.4) is 0 Å². The molecule has 1 saturated heterocycles. The molecule has 5 nitrogen and oxygen atoms in total. The zero-order chi connectivity index (χ0) is 7.61. The topological polar surface area (TPSA) is 61.6 Å². The fraction of sp³-hybridized carbons (Fsp3) is 1.00. The number of nitrogens with zero attached hydrogens (tertiary/aromatic N) is 1. The van der Waals surface area contributed by atoms with E-state index in [9.17, 15) is 10.1 Å². The highest BCUT2D eigenvalue weighted by Gasteiger charge is 2.43. The van der Waals surface area contributed by atoms with E-state index >= 15 is 0 Å². The van der Waals surface area contributed by atoms with Crippen LogP contribution in [0.5, 0.6) is 0 Å². The van der Waals surface area contributed by atoms with Crippen LogP contribution in [0.1, 0.15) is 0 Å². The molecule has 0 N–H and O–H groups in total. The lowest BCUT2D eigenvalue weighted by atomic mass is 10.3. The summed E-state index contributed by atoms with van der Waals surface area (Å²) in [6.45, 7) is -0.106. The third-order valence-electron chi connectivity index (χ3n) is 1.14. The Morgan fingerprint density at radius 2 is 2.00 bits per heavy atom. The summed E-state index contributed by atoms with van der Waals surface area (Å²) in [4.78, 5) is 8.02. The first-order valence-corrected chi connectivity index (χ1v) is 3.02. The van der Waals surface area contributed by atoms with Crippen molar-refractivity contribution in [2.75, 3.05) is 20.0 Å². The van der Waals surface area contributed by atoms with Crippen molar-refractivity contribution in [2.24, 2.45) is 0 Å². The van der Waals surface area contributed by atoms with Gasteiger partial charge in [-0.25, -0.2) is 0 Å². The van der Waals surface area contributed by atoms with Gasteiger partial charge in [0.15, 0.2) is 0 Å². The molecule has 0 aromatic heterocycles. The number of hydrogen-bond acceptors (Lipinski definition) is 4. The summed E-state index contributed by atoms with van der Waals surface area (Å²) in [6, 6.07) is 0. The highest BCUT2D eigenvalue weighted by Crippen LogP contribution is 2.19. The third kappa shape index (κ3) is 1.36. The zero-order valence-electron chi connectivity index (χ0n) is 5.08. The number of nitro groups is 1. The van der Waals surface area contributed by atoms with Crippen molar-refractivity contribution in [3.8, 4) is 0 Å². The minimum Gasteiger partial charge on any atom is -0.346 e. The molecule has 0 aromatic rings. The van der Waals surface area contributed by atoms with E-state index in [-0.39, 0.29) is 20.0 Å². The Morgan fingerprint density at radius 3 is 2.30 bits per heavy atom. The van der Waals surface area contributed by atoms with Crippen LogP contribution in [0.2, 0.25) is 0 Å². The normalized spacial score (nSPS) is 24.1. The first kappa shape index (κ1) is 7.71. The van der Waals surface area contributed by atoms with Gasteiger partial charge in [-0.3, -0.25) is 10.1 Å². The van der Waals surface area contributed by atoms with Crippen LogP contribution in [0.4, 0.5) is 0 Å². The minimum atomic E-state index is -1.57. The lowest BCUT2D eigenvalue weighted by Gasteiger charge is -2.22. The van der Waals surface area contributed by atoms with E-state index in [0.717, 1.165) is 0 Å². The van der Waals surface area contributed by atoms with Crippen molar-refractivity contribution in [2.45, 2.75) is 5.00 Å². The predicted molar refractivity (Wildman–Crippen MR) is 32.3 cm³/mol. The van der Waals surface area contributed by atoms with Crippen molar-refractivity contribution in [3.63, 3.8) is 0 Å².